The van der Waals surface area contributed by atoms with Crippen LogP contribution >= 0.6 is 11.3 Å². The molecule has 0 fully saturated rings. The van der Waals surface area contributed by atoms with E-state index in [-0.39, 0.29) is 5.91 Å². The van der Waals surface area contributed by atoms with E-state index < -0.39 is 0 Å². The molecule has 2 N–H and O–H groups in total. The Labute approximate surface area is 121 Å². The quantitative estimate of drug-likeness (QED) is 0.928. The van der Waals surface area contributed by atoms with Crippen LogP contribution in [-0.4, -0.2) is 22.8 Å². The van der Waals surface area contributed by atoms with Gasteiger partial charge < -0.3 is 10.6 Å². The number of amides is 1. The molecule has 2 aromatic rings. The lowest BCUT2D eigenvalue weighted by atomic mass is 10.1. The van der Waals surface area contributed by atoms with Crippen molar-refractivity contribution in [3.05, 3.63) is 51.5 Å². The number of aromatic nitrogens is 1. The van der Waals surface area contributed by atoms with E-state index in [9.17, 15) is 4.79 Å². The average Bonchev–Trinajstić information content (AvgIpc) is 2.96. The van der Waals surface area contributed by atoms with Gasteiger partial charge in [-0.1, -0.05) is 12.1 Å². The number of nitriles is 1. The minimum absolute atomic E-state index is 0.134. The van der Waals surface area contributed by atoms with Crippen LogP contribution in [0.2, 0.25) is 0 Å². The SMILES string of the molecule is CN(Cc1ccc(C#N)cc1)C(=O)c1csc(CN)n1. The van der Waals surface area contributed by atoms with E-state index in [2.05, 4.69) is 11.1 Å². The Kier molecular flexibility index (Phi) is 4.45. The van der Waals surface area contributed by atoms with Crippen LogP contribution in [0.1, 0.15) is 26.6 Å². The summed E-state index contributed by atoms with van der Waals surface area (Å²) in [5.41, 5.74) is 7.48. The molecule has 0 aliphatic carbocycles. The number of nitrogens with zero attached hydrogens (tertiary/aromatic N) is 3. The zero-order chi connectivity index (χ0) is 14.5. The topological polar surface area (TPSA) is 83.0 Å². The van der Waals surface area contributed by atoms with Crippen molar-refractivity contribution in [3.63, 3.8) is 0 Å². The average molecular weight is 286 g/mol. The number of benzene rings is 1. The van der Waals surface area contributed by atoms with Crippen LogP contribution in [0.5, 0.6) is 0 Å². The zero-order valence-electron chi connectivity index (χ0n) is 11.0. The molecular weight excluding hydrogens is 272 g/mol. The largest absolute Gasteiger partial charge is 0.336 e. The van der Waals surface area contributed by atoms with Crippen LogP contribution in [0.15, 0.2) is 29.6 Å². The highest BCUT2D eigenvalue weighted by atomic mass is 32.1. The fraction of sp³-hybridized carbons (Fsp3) is 0.214. The second-order valence-corrected chi connectivity index (χ2v) is 5.24. The molecule has 0 unspecified atom stereocenters. The van der Waals surface area contributed by atoms with Crippen molar-refractivity contribution < 1.29 is 4.79 Å². The van der Waals surface area contributed by atoms with Gasteiger partial charge in [-0.15, -0.1) is 11.3 Å². The first-order valence-electron chi connectivity index (χ1n) is 6.03. The molecule has 0 aliphatic heterocycles. The van der Waals surface area contributed by atoms with E-state index in [0.29, 0.717) is 24.3 Å². The summed E-state index contributed by atoms with van der Waals surface area (Å²) >= 11 is 1.39. The van der Waals surface area contributed by atoms with Gasteiger partial charge in [-0.05, 0) is 17.7 Å². The molecule has 5 nitrogen and oxygen atoms in total. The van der Waals surface area contributed by atoms with Crippen molar-refractivity contribution in [3.8, 4) is 6.07 Å². The highest BCUT2D eigenvalue weighted by molar-refractivity contribution is 7.09. The number of thiazole rings is 1. The van der Waals surface area contributed by atoms with E-state index >= 15 is 0 Å². The Morgan fingerprint density at radius 3 is 2.70 bits per heavy atom. The van der Waals surface area contributed by atoms with E-state index in [4.69, 9.17) is 11.0 Å². The predicted molar refractivity (Wildman–Crippen MR) is 77.0 cm³/mol. The van der Waals surface area contributed by atoms with Gasteiger partial charge in [0.1, 0.15) is 10.7 Å². The fourth-order valence-corrected chi connectivity index (χ4v) is 2.38. The molecule has 0 spiro atoms. The second-order valence-electron chi connectivity index (χ2n) is 4.30. The molecule has 0 atom stereocenters. The maximum Gasteiger partial charge on any atom is 0.273 e. The first-order valence-corrected chi connectivity index (χ1v) is 6.91. The molecule has 0 saturated heterocycles. The Morgan fingerprint density at radius 2 is 2.15 bits per heavy atom. The van der Waals surface area contributed by atoms with Crippen LogP contribution in [0.3, 0.4) is 0 Å². The van der Waals surface area contributed by atoms with Crippen LogP contribution in [0, 0.1) is 11.3 Å². The van der Waals surface area contributed by atoms with Crippen molar-refractivity contribution in [1.82, 2.24) is 9.88 Å². The van der Waals surface area contributed by atoms with Gasteiger partial charge in [-0.2, -0.15) is 5.26 Å². The Morgan fingerprint density at radius 1 is 1.45 bits per heavy atom. The third kappa shape index (κ3) is 3.20. The third-order valence-corrected chi connectivity index (χ3v) is 3.67. The predicted octanol–water partition coefficient (Wildman–Crippen LogP) is 1.75. The molecule has 0 radical (unpaired) electrons. The van der Waals surface area contributed by atoms with Gasteiger partial charge in [0, 0.05) is 25.5 Å². The van der Waals surface area contributed by atoms with Gasteiger partial charge in [-0.25, -0.2) is 4.98 Å². The van der Waals surface area contributed by atoms with Crippen molar-refractivity contribution in [2.45, 2.75) is 13.1 Å². The van der Waals surface area contributed by atoms with Gasteiger partial charge in [0.05, 0.1) is 11.6 Å². The first kappa shape index (κ1) is 14.2. The smallest absolute Gasteiger partial charge is 0.273 e. The van der Waals surface area contributed by atoms with Crippen molar-refractivity contribution >= 4 is 17.2 Å². The van der Waals surface area contributed by atoms with Gasteiger partial charge in [-0.3, -0.25) is 4.79 Å². The molecule has 0 bridgehead atoms. The highest BCUT2D eigenvalue weighted by Crippen LogP contribution is 2.13. The molecule has 1 aromatic carbocycles. The summed E-state index contributed by atoms with van der Waals surface area (Å²) in [6.45, 7) is 0.817. The maximum atomic E-state index is 12.2. The molecule has 0 aliphatic rings. The molecule has 1 amide bonds. The van der Waals surface area contributed by atoms with Crippen molar-refractivity contribution in [2.75, 3.05) is 7.05 Å². The normalized spacial score (nSPS) is 10.1. The summed E-state index contributed by atoms with van der Waals surface area (Å²) in [5, 5.41) is 11.2. The maximum absolute atomic E-state index is 12.2. The molecule has 1 aromatic heterocycles. The van der Waals surface area contributed by atoms with Gasteiger partial charge in [0.15, 0.2) is 0 Å². The number of nitrogens with two attached hydrogens (primary N) is 1. The fourth-order valence-electron chi connectivity index (χ4n) is 1.73. The van der Waals surface area contributed by atoms with E-state index in [1.807, 2.05) is 12.1 Å². The molecule has 1 heterocycles. The highest BCUT2D eigenvalue weighted by Gasteiger charge is 2.15. The van der Waals surface area contributed by atoms with Crippen molar-refractivity contribution in [1.29, 1.82) is 5.26 Å². The summed E-state index contributed by atoms with van der Waals surface area (Å²) in [5.74, 6) is -0.134. The lowest BCUT2D eigenvalue weighted by molar-refractivity contribution is 0.0780. The molecule has 102 valence electrons. The van der Waals surface area contributed by atoms with Crippen LogP contribution in [0.25, 0.3) is 0 Å². The Bertz CT molecular complexity index is 642. The van der Waals surface area contributed by atoms with E-state index in [1.165, 1.54) is 11.3 Å². The Balaban J connectivity index is 2.05. The molecule has 6 heteroatoms. The summed E-state index contributed by atoms with van der Waals surface area (Å²) < 4.78 is 0. The molecule has 20 heavy (non-hydrogen) atoms. The lowest BCUT2D eigenvalue weighted by Gasteiger charge is -2.15. The third-order valence-electron chi connectivity index (χ3n) is 2.79. The summed E-state index contributed by atoms with van der Waals surface area (Å²) in [6.07, 6.45) is 0. The summed E-state index contributed by atoms with van der Waals surface area (Å²) in [6, 6.07) is 9.23. The number of hydrogen-bond acceptors (Lipinski definition) is 5. The van der Waals surface area contributed by atoms with Crippen LogP contribution in [-0.2, 0) is 13.1 Å². The standard InChI is InChI=1S/C14H14N4OS/c1-18(8-11-4-2-10(6-15)3-5-11)14(19)12-9-20-13(7-16)17-12/h2-5,9H,7-8,16H2,1H3. The Hall–Kier alpha value is -2.23. The number of hydrogen-bond donors (Lipinski definition) is 1. The number of rotatable bonds is 4. The van der Waals surface area contributed by atoms with E-state index in [0.717, 1.165) is 10.6 Å². The minimum atomic E-state index is -0.134. The number of carbonyl (C=O) groups excluding carboxylic acids is 1. The second kappa shape index (κ2) is 6.28. The lowest BCUT2D eigenvalue weighted by Crippen LogP contribution is -2.26. The molecule has 2 rings (SSSR count). The number of carbonyl (C=O) groups is 1. The first-order chi connectivity index (χ1) is 9.63. The molecule has 0 saturated carbocycles. The van der Waals surface area contributed by atoms with Crippen molar-refractivity contribution in [2.24, 2.45) is 5.73 Å². The van der Waals surface area contributed by atoms with Crippen LogP contribution in [0.4, 0.5) is 0 Å². The summed E-state index contributed by atoms with van der Waals surface area (Å²) in [4.78, 5) is 18.0. The van der Waals surface area contributed by atoms with Gasteiger partial charge >= 0.3 is 0 Å². The van der Waals surface area contributed by atoms with Gasteiger partial charge in [0.2, 0.25) is 0 Å². The minimum Gasteiger partial charge on any atom is -0.336 e. The van der Waals surface area contributed by atoms with E-state index in [1.54, 1.807) is 29.5 Å². The zero-order valence-corrected chi connectivity index (χ0v) is 11.9. The van der Waals surface area contributed by atoms with Crippen LogP contribution < -0.4 is 5.73 Å². The monoisotopic (exact) mass is 286 g/mol. The van der Waals surface area contributed by atoms with Gasteiger partial charge in [0.25, 0.3) is 5.91 Å². The molecular formula is C14H14N4OS. The summed E-state index contributed by atoms with van der Waals surface area (Å²) in [7, 11) is 1.72.